The van der Waals surface area contributed by atoms with Crippen molar-refractivity contribution in [2.24, 2.45) is 0 Å². The predicted molar refractivity (Wildman–Crippen MR) is 115 cm³/mol. The van der Waals surface area contributed by atoms with Crippen LogP contribution in [0.4, 0.5) is 15.9 Å². The van der Waals surface area contributed by atoms with Crippen LogP contribution in [0.1, 0.15) is 0 Å². The number of benzene rings is 1. The molecule has 1 aliphatic heterocycles. The van der Waals surface area contributed by atoms with Crippen molar-refractivity contribution in [2.75, 3.05) is 42.4 Å². The number of hydrogen-bond acceptors (Lipinski definition) is 8. The van der Waals surface area contributed by atoms with Gasteiger partial charge in [0.05, 0.1) is 23.1 Å². The third-order valence-corrected chi connectivity index (χ3v) is 6.53. The van der Waals surface area contributed by atoms with E-state index >= 15 is 0 Å². The zero-order chi connectivity index (χ0) is 21.8. The Kier molecular flexibility index (Phi) is 6.30. The third-order valence-electron chi connectivity index (χ3n) is 4.77. The first-order valence-electron chi connectivity index (χ1n) is 9.44. The Hall–Kier alpha value is -2.82. The number of rotatable bonds is 6. The molecule has 0 amide bonds. The molecule has 4 rings (SSSR count). The molecule has 31 heavy (non-hydrogen) atoms. The second-order valence-electron chi connectivity index (χ2n) is 6.83. The molecule has 3 heterocycles. The van der Waals surface area contributed by atoms with Crippen molar-refractivity contribution in [1.29, 1.82) is 0 Å². The lowest BCUT2D eigenvalue weighted by molar-refractivity contribution is 0.122. The topological polar surface area (TPSA) is 97.3 Å². The number of ether oxygens (including phenoxy) is 1. The van der Waals surface area contributed by atoms with E-state index in [1.807, 2.05) is 0 Å². The molecule has 1 aliphatic rings. The molecule has 8 nitrogen and oxygen atoms in total. The minimum atomic E-state index is -3.73. The zero-order valence-electron chi connectivity index (χ0n) is 16.3. The van der Waals surface area contributed by atoms with Crippen LogP contribution in [0.15, 0.2) is 54.1 Å². The van der Waals surface area contributed by atoms with Crippen LogP contribution in [0.2, 0.25) is 5.02 Å². The molecule has 0 unspecified atom stereocenters. The summed E-state index contributed by atoms with van der Waals surface area (Å²) in [5.74, 6) is -0.274. The summed E-state index contributed by atoms with van der Waals surface area (Å²) >= 11 is 5.75. The number of halogens is 2. The van der Waals surface area contributed by atoms with Crippen LogP contribution in [-0.4, -0.2) is 55.5 Å². The predicted octanol–water partition coefficient (Wildman–Crippen LogP) is 3.01. The minimum Gasteiger partial charge on any atom is -0.378 e. The lowest BCUT2D eigenvalue weighted by atomic mass is 10.1. The number of sulfone groups is 1. The van der Waals surface area contributed by atoms with Gasteiger partial charge in [-0.1, -0.05) is 11.6 Å². The zero-order valence-corrected chi connectivity index (χ0v) is 17.9. The van der Waals surface area contributed by atoms with Crippen LogP contribution in [0, 0.1) is 5.82 Å². The van der Waals surface area contributed by atoms with E-state index in [4.69, 9.17) is 16.3 Å². The van der Waals surface area contributed by atoms with Crippen molar-refractivity contribution in [1.82, 2.24) is 15.0 Å². The molecule has 0 atom stereocenters. The first kappa shape index (κ1) is 21.4. The van der Waals surface area contributed by atoms with Crippen LogP contribution >= 0.6 is 11.6 Å². The molecule has 1 aromatic carbocycles. The first-order valence-corrected chi connectivity index (χ1v) is 11.5. The van der Waals surface area contributed by atoms with E-state index in [-0.39, 0.29) is 9.92 Å². The van der Waals surface area contributed by atoms with Crippen LogP contribution in [0.25, 0.3) is 11.1 Å². The maximum atomic E-state index is 13.3. The van der Waals surface area contributed by atoms with Gasteiger partial charge in [0.25, 0.3) is 0 Å². The van der Waals surface area contributed by atoms with Crippen molar-refractivity contribution >= 4 is 32.9 Å². The van der Waals surface area contributed by atoms with E-state index < -0.39 is 21.5 Å². The van der Waals surface area contributed by atoms with Gasteiger partial charge in [0.15, 0.2) is 9.84 Å². The smallest absolute Gasteiger partial charge is 0.197 e. The normalized spacial score (nSPS) is 14.5. The molecule has 2 aromatic heterocycles. The number of aromatic nitrogens is 3. The maximum absolute atomic E-state index is 13.3. The van der Waals surface area contributed by atoms with Gasteiger partial charge in [0.1, 0.15) is 23.8 Å². The Balaban J connectivity index is 1.59. The van der Waals surface area contributed by atoms with E-state index in [0.29, 0.717) is 48.9 Å². The van der Waals surface area contributed by atoms with Crippen LogP contribution in [0.5, 0.6) is 0 Å². The second-order valence-corrected chi connectivity index (χ2v) is 9.23. The molecule has 0 spiro atoms. The molecule has 1 fully saturated rings. The van der Waals surface area contributed by atoms with Gasteiger partial charge in [-0.05, 0) is 24.3 Å². The Labute approximate surface area is 184 Å². The van der Waals surface area contributed by atoms with E-state index in [0.717, 1.165) is 0 Å². The van der Waals surface area contributed by atoms with E-state index in [1.165, 1.54) is 30.7 Å². The lowest BCUT2D eigenvalue weighted by Gasteiger charge is -2.29. The highest BCUT2D eigenvalue weighted by Crippen LogP contribution is 2.29. The summed E-state index contributed by atoms with van der Waals surface area (Å²) in [6, 6.07) is 5.46. The van der Waals surface area contributed by atoms with E-state index in [2.05, 4.69) is 25.2 Å². The van der Waals surface area contributed by atoms with Gasteiger partial charge in [0, 0.05) is 48.5 Å². The van der Waals surface area contributed by atoms with Gasteiger partial charge in [0.2, 0.25) is 0 Å². The van der Waals surface area contributed by atoms with Crippen LogP contribution in [-0.2, 0) is 14.6 Å². The van der Waals surface area contributed by atoms with Crippen molar-refractivity contribution < 1.29 is 17.5 Å². The van der Waals surface area contributed by atoms with E-state index in [1.54, 1.807) is 18.5 Å². The Morgan fingerprint density at radius 2 is 1.94 bits per heavy atom. The average Bonchev–Trinajstić information content (AvgIpc) is 2.80. The van der Waals surface area contributed by atoms with Gasteiger partial charge < -0.3 is 15.0 Å². The summed E-state index contributed by atoms with van der Waals surface area (Å²) in [5, 5.41) is 2.67. The molecular formula is C20H19ClFN5O3S. The standard InChI is InChI=1S/C20H19ClFN5O3S/c21-18-8-15(1-2-19(18)22)26-13-31(28,29)16-7-14(9-23-10-16)17-11-24-12-25-20(17)27-3-5-30-6-4-27/h1-2,7-12,26H,3-6,13H2. The van der Waals surface area contributed by atoms with Gasteiger partial charge in [-0.2, -0.15) is 0 Å². The lowest BCUT2D eigenvalue weighted by Crippen LogP contribution is -2.37. The fourth-order valence-electron chi connectivity index (χ4n) is 3.16. The number of pyridine rings is 1. The molecule has 0 bridgehead atoms. The molecule has 1 N–H and O–H groups in total. The Morgan fingerprint density at radius 3 is 2.71 bits per heavy atom. The summed E-state index contributed by atoms with van der Waals surface area (Å²) < 4.78 is 44.4. The maximum Gasteiger partial charge on any atom is 0.197 e. The van der Waals surface area contributed by atoms with Gasteiger partial charge >= 0.3 is 0 Å². The number of nitrogens with one attached hydrogen (secondary N) is 1. The highest BCUT2D eigenvalue weighted by molar-refractivity contribution is 7.91. The monoisotopic (exact) mass is 463 g/mol. The highest BCUT2D eigenvalue weighted by Gasteiger charge is 2.20. The molecule has 0 saturated carbocycles. The summed E-state index contributed by atoms with van der Waals surface area (Å²) in [6.07, 6.45) is 5.97. The number of morpholine rings is 1. The Bertz CT molecular complexity index is 1190. The second kappa shape index (κ2) is 9.13. The summed E-state index contributed by atoms with van der Waals surface area (Å²) in [6.45, 7) is 2.55. The molecule has 0 radical (unpaired) electrons. The van der Waals surface area contributed by atoms with Gasteiger partial charge in [-0.3, -0.25) is 4.98 Å². The number of anilines is 2. The highest BCUT2D eigenvalue weighted by atomic mass is 35.5. The number of hydrogen-bond donors (Lipinski definition) is 1. The van der Waals surface area contributed by atoms with Crippen LogP contribution < -0.4 is 10.2 Å². The van der Waals surface area contributed by atoms with Crippen molar-refractivity contribution in [3.8, 4) is 11.1 Å². The largest absolute Gasteiger partial charge is 0.378 e. The van der Waals surface area contributed by atoms with Crippen molar-refractivity contribution in [3.05, 3.63) is 60.0 Å². The fourth-order valence-corrected chi connectivity index (χ4v) is 4.39. The van der Waals surface area contributed by atoms with Crippen LogP contribution in [0.3, 0.4) is 0 Å². The van der Waals surface area contributed by atoms with Crippen molar-refractivity contribution in [2.45, 2.75) is 4.90 Å². The molecule has 1 saturated heterocycles. The minimum absolute atomic E-state index is 0.0440. The first-order chi connectivity index (χ1) is 14.9. The SMILES string of the molecule is O=S(=O)(CNc1ccc(F)c(Cl)c1)c1cncc(-c2cncnc2N2CCOCC2)c1. The molecular weight excluding hydrogens is 445 g/mol. The average molecular weight is 464 g/mol. The van der Waals surface area contributed by atoms with Gasteiger partial charge in [-0.15, -0.1) is 0 Å². The summed E-state index contributed by atoms with van der Waals surface area (Å²) in [5.41, 5.74) is 1.67. The molecule has 0 aliphatic carbocycles. The van der Waals surface area contributed by atoms with Crippen molar-refractivity contribution in [3.63, 3.8) is 0 Å². The quantitative estimate of drug-likeness (QED) is 0.595. The number of nitrogens with zero attached hydrogens (tertiary/aromatic N) is 4. The Morgan fingerprint density at radius 1 is 1.13 bits per heavy atom. The van der Waals surface area contributed by atoms with E-state index in [9.17, 15) is 12.8 Å². The molecule has 11 heteroatoms. The summed E-state index contributed by atoms with van der Waals surface area (Å²) in [7, 11) is -3.73. The molecule has 162 valence electrons. The summed E-state index contributed by atoms with van der Waals surface area (Å²) in [4.78, 5) is 14.7. The molecule has 3 aromatic rings. The third kappa shape index (κ3) is 4.92. The van der Waals surface area contributed by atoms with Gasteiger partial charge in [-0.25, -0.2) is 22.8 Å². The fraction of sp³-hybridized carbons (Fsp3) is 0.250.